The van der Waals surface area contributed by atoms with Gasteiger partial charge in [0, 0.05) is 22.2 Å². The van der Waals surface area contributed by atoms with E-state index in [4.69, 9.17) is 27.9 Å². The zero-order valence-corrected chi connectivity index (χ0v) is 11.8. The van der Waals surface area contributed by atoms with Crippen molar-refractivity contribution in [3.63, 3.8) is 0 Å². The van der Waals surface area contributed by atoms with Gasteiger partial charge in [-0.15, -0.1) is 0 Å². The molecule has 0 fully saturated rings. The first-order valence-electron chi connectivity index (χ1n) is 5.65. The van der Waals surface area contributed by atoms with Crippen molar-refractivity contribution in [2.75, 3.05) is 12.4 Å². The molecule has 0 aliphatic heterocycles. The molecule has 19 heavy (non-hydrogen) atoms. The Kier molecular flexibility index (Phi) is 4.40. The third-order valence-corrected chi connectivity index (χ3v) is 3.14. The molecule has 2 N–H and O–H groups in total. The Morgan fingerprint density at radius 2 is 1.79 bits per heavy atom. The smallest absolute Gasteiger partial charge is 0.142 e. The number of hydrogen-bond donors (Lipinski definition) is 2. The Hall–Kier alpha value is -1.58. The van der Waals surface area contributed by atoms with Crippen molar-refractivity contribution >= 4 is 28.9 Å². The van der Waals surface area contributed by atoms with Crippen molar-refractivity contribution in [3.8, 4) is 11.5 Å². The lowest BCUT2D eigenvalue weighted by Gasteiger charge is -2.12. The Balaban J connectivity index is 2.18. The summed E-state index contributed by atoms with van der Waals surface area (Å²) in [7, 11) is 1.59. The number of benzene rings is 2. The highest BCUT2D eigenvalue weighted by Crippen LogP contribution is 2.29. The van der Waals surface area contributed by atoms with Crippen LogP contribution in [-0.4, -0.2) is 12.2 Å². The molecule has 0 bridgehead atoms. The summed E-state index contributed by atoms with van der Waals surface area (Å²) < 4.78 is 5.23. The molecule has 0 amide bonds. The van der Waals surface area contributed by atoms with Crippen LogP contribution in [0.15, 0.2) is 36.4 Å². The molecule has 0 aliphatic carbocycles. The molecule has 5 heteroatoms. The van der Waals surface area contributed by atoms with Gasteiger partial charge in [0.15, 0.2) is 0 Å². The first-order valence-corrected chi connectivity index (χ1v) is 6.40. The van der Waals surface area contributed by atoms with E-state index in [-0.39, 0.29) is 5.75 Å². The fourth-order valence-electron chi connectivity index (χ4n) is 1.70. The molecule has 100 valence electrons. The molecule has 0 heterocycles. The van der Waals surface area contributed by atoms with Crippen molar-refractivity contribution in [1.29, 1.82) is 0 Å². The molecule has 2 rings (SSSR count). The van der Waals surface area contributed by atoms with E-state index in [1.165, 1.54) is 0 Å². The standard InChI is InChI=1S/C14H13Cl2NO2/c1-19-14-5-3-11(16)7-12(14)17-8-9-6-10(15)2-4-13(9)18/h2-7,17-18H,8H2,1H3. The topological polar surface area (TPSA) is 41.5 Å². The normalized spacial score (nSPS) is 10.3. The van der Waals surface area contributed by atoms with Crippen molar-refractivity contribution in [1.82, 2.24) is 0 Å². The Morgan fingerprint density at radius 1 is 1.11 bits per heavy atom. The van der Waals surface area contributed by atoms with Gasteiger partial charge in [0.2, 0.25) is 0 Å². The summed E-state index contributed by atoms with van der Waals surface area (Å²) in [4.78, 5) is 0. The summed E-state index contributed by atoms with van der Waals surface area (Å²) >= 11 is 11.8. The van der Waals surface area contributed by atoms with Crippen LogP contribution in [-0.2, 0) is 6.54 Å². The summed E-state index contributed by atoms with van der Waals surface area (Å²) in [5, 5.41) is 14.1. The van der Waals surface area contributed by atoms with Gasteiger partial charge in [-0.3, -0.25) is 0 Å². The molecule has 2 aromatic rings. The third-order valence-electron chi connectivity index (χ3n) is 2.67. The minimum Gasteiger partial charge on any atom is -0.508 e. The molecular formula is C14H13Cl2NO2. The summed E-state index contributed by atoms with van der Waals surface area (Å²) in [5.41, 5.74) is 1.46. The van der Waals surface area contributed by atoms with Crippen LogP contribution >= 0.6 is 23.2 Å². The van der Waals surface area contributed by atoms with Crippen LogP contribution in [0, 0.1) is 0 Å². The van der Waals surface area contributed by atoms with E-state index < -0.39 is 0 Å². The van der Waals surface area contributed by atoms with E-state index in [0.717, 1.165) is 5.69 Å². The number of rotatable bonds is 4. The number of hydrogen-bond acceptors (Lipinski definition) is 3. The fourth-order valence-corrected chi connectivity index (χ4v) is 2.07. The van der Waals surface area contributed by atoms with Gasteiger partial charge >= 0.3 is 0 Å². The molecule has 2 aromatic carbocycles. The predicted octanol–water partition coefficient (Wildman–Crippen LogP) is 4.32. The maximum Gasteiger partial charge on any atom is 0.142 e. The van der Waals surface area contributed by atoms with Crippen molar-refractivity contribution in [3.05, 3.63) is 52.0 Å². The van der Waals surface area contributed by atoms with E-state index in [9.17, 15) is 5.11 Å². The Morgan fingerprint density at radius 3 is 2.53 bits per heavy atom. The molecule has 0 saturated heterocycles. The second-order valence-electron chi connectivity index (χ2n) is 3.97. The van der Waals surface area contributed by atoms with Gasteiger partial charge in [-0.2, -0.15) is 0 Å². The molecule has 0 unspecified atom stereocenters. The van der Waals surface area contributed by atoms with E-state index >= 15 is 0 Å². The van der Waals surface area contributed by atoms with Crippen LogP contribution in [0.5, 0.6) is 11.5 Å². The van der Waals surface area contributed by atoms with Crippen LogP contribution in [0.2, 0.25) is 10.0 Å². The monoisotopic (exact) mass is 297 g/mol. The first kappa shape index (κ1) is 13.8. The number of methoxy groups -OCH3 is 1. The average Bonchev–Trinajstić information content (AvgIpc) is 2.40. The van der Waals surface area contributed by atoms with E-state index in [0.29, 0.717) is 27.9 Å². The fraction of sp³-hybridized carbons (Fsp3) is 0.143. The van der Waals surface area contributed by atoms with E-state index in [1.54, 1.807) is 43.5 Å². The molecule has 0 spiro atoms. The number of ether oxygens (including phenoxy) is 1. The number of nitrogens with one attached hydrogen (secondary N) is 1. The number of phenols is 1. The van der Waals surface area contributed by atoms with Gasteiger partial charge in [0.25, 0.3) is 0 Å². The van der Waals surface area contributed by atoms with Crippen molar-refractivity contribution in [2.24, 2.45) is 0 Å². The number of halogens is 2. The highest BCUT2D eigenvalue weighted by Gasteiger charge is 2.06. The van der Waals surface area contributed by atoms with Gasteiger partial charge < -0.3 is 15.2 Å². The second-order valence-corrected chi connectivity index (χ2v) is 4.84. The van der Waals surface area contributed by atoms with Crippen LogP contribution in [0.1, 0.15) is 5.56 Å². The highest BCUT2D eigenvalue weighted by atomic mass is 35.5. The summed E-state index contributed by atoms with van der Waals surface area (Å²) in [6.07, 6.45) is 0. The molecule has 0 aliphatic rings. The lowest BCUT2D eigenvalue weighted by atomic mass is 10.2. The highest BCUT2D eigenvalue weighted by molar-refractivity contribution is 6.31. The van der Waals surface area contributed by atoms with Crippen molar-refractivity contribution < 1.29 is 9.84 Å². The van der Waals surface area contributed by atoms with Gasteiger partial charge in [0.05, 0.1) is 12.8 Å². The van der Waals surface area contributed by atoms with Crippen LogP contribution in [0.25, 0.3) is 0 Å². The van der Waals surface area contributed by atoms with Gasteiger partial charge in [0.1, 0.15) is 11.5 Å². The average molecular weight is 298 g/mol. The van der Waals surface area contributed by atoms with E-state index in [2.05, 4.69) is 5.32 Å². The van der Waals surface area contributed by atoms with Crippen LogP contribution < -0.4 is 10.1 Å². The zero-order chi connectivity index (χ0) is 13.8. The lowest BCUT2D eigenvalue weighted by Crippen LogP contribution is -2.01. The molecule has 0 radical (unpaired) electrons. The molecule has 0 saturated carbocycles. The third kappa shape index (κ3) is 3.46. The maximum atomic E-state index is 9.74. The number of anilines is 1. The number of aromatic hydroxyl groups is 1. The largest absolute Gasteiger partial charge is 0.508 e. The van der Waals surface area contributed by atoms with Gasteiger partial charge in [-0.25, -0.2) is 0 Å². The quantitative estimate of drug-likeness (QED) is 0.883. The Labute approximate surface area is 121 Å². The maximum absolute atomic E-state index is 9.74. The number of phenolic OH excluding ortho intramolecular Hbond substituents is 1. The van der Waals surface area contributed by atoms with Crippen LogP contribution in [0.3, 0.4) is 0 Å². The van der Waals surface area contributed by atoms with Crippen LogP contribution in [0.4, 0.5) is 5.69 Å². The predicted molar refractivity (Wildman–Crippen MR) is 78.4 cm³/mol. The zero-order valence-electron chi connectivity index (χ0n) is 10.3. The lowest BCUT2D eigenvalue weighted by molar-refractivity contribution is 0.416. The summed E-state index contributed by atoms with van der Waals surface area (Å²) in [6.45, 7) is 0.420. The molecule has 0 atom stereocenters. The van der Waals surface area contributed by atoms with Gasteiger partial charge in [-0.05, 0) is 36.4 Å². The summed E-state index contributed by atoms with van der Waals surface area (Å²) in [5.74, 6) is 0.879. The van der Waals surface area contributed by atoms with E-state index in [1.807, 2.05) is 0 Å². The summed E-state index contributed by atoms with van der Waals surface area (Å²) in [6, 6.07) is 10.2. The molecule has 0 aromatic heterocycles. The first-order chi connectivity index (χ1) is 9.10. The van der Waals surface area contributed by atoms with Gasteiger partial charge in [-0.1, -0.05) is 23.2 Å². The molecule has 3 nitrogen and oxygen atoms in total. The second kappa shape index (κ2) is 6.04. The molecular weight excluding hydrogens is 285 g/mol. The minimum atomic E-state index is 0.192. The SMILES string of the molecule is COc1ccc(Cl)cc1NCc1cc(Cl)ccc1O. The Bertz CT molecular complexity index is 588. The minimum absolute atomic E-state index is 0.192. The van der Waals surface area contributed by atoms with Crippen molar-refractivity contribution in [2.45, 2.75) is 6.54 Å².